The molecular formula is C18H23N3O5S2. The van der Waals surface area contributed by atoms with Crippen molar-refractivity contribution < 1.29 is 22.7 Å². The molecule has 0 fully saturated rings. The number of nitrogens with one attached hydrogen (secondary N) is 1. The highest BCUT2D eigenvalue weighted by Gasteiger charge is 2.18. The van der Waals surface area contributed by atoms with Gasteiger partial charge in [-0.25, -0.2) is 13.4 Å². The highest BCUT2D eigenvalue weighted by molar-refractivity contribution is 7.89. The fourth-order valence-corrected chi connectivity index (χ4v) is 4.27. The lowest BCUT2D eigenvalue weighted by molar-refractivity contribution is -0.143. The number of rotatable bonds is 8. The van der Waals surface area contributed by atoms with Gasteiger partial charge in [-0.1, -0.05) is 6.07 Å². The fraction of sp³-hybridized carbons (Fsp3) is 0.389. The molecule has 1 amide bonds. The van der Waals surface area contributed by atoms with E-state index in [-0.39, 0.29) is 17.4 Å². The topological polar surface area (TPSA) is 106 Å². The minimum absolute atomic E-state index is 0.0939. The number of hydrogen-bond donors (Lipinski definition) is 1. The quantitative estimate of drug-likeness (QED) is 0.650. The Hall–Kier alpha value is -2.30. The van der Waals surface area contributed by atoms with Gasteiger partial charge in [0.2, 0.25) is 15.9 Å². The molecule has 8 nitrogen and oxygen atoms in total. The number of hydrogen-bond acceptors (Lipinski definition) is 7. The van der Waals surface area contributed by atoms with Crippen molar-refractivity contribution in [2.45, 2.75) is 39.2 Å². The van der Waals surface area contributed by atoms with E-state index in [2.05, 4.69) is 9.71 Å². The van der Waals surface area contributed by atoms with Crippen molar-refractivity contribution in [3.8, 4) is 0 Å². The third-order valence-corrected chi connectivity index (χ3v) is 6.35. The van der Waals surface area contributed by atoms with Gasteiger partial charge in [0.05, 0.1) is 10.6 Å². The Morgan fingerprint density at radius 1 is 1.25 bits per heavy atom. The van der Waals surface area contributed by atoms with Crippen LogP contribution in [0.1, 0.15) is 30.7 Å². The standard InChI is InChI=1S/C18H23N3O5S2/c1-5-21(14(4)22)18-20-15(11-27-18)10-26-17(23)9-19-28(24,25)16-7-6-12(2)13(3)8-16/h6-8,11,19H,5,9-10H2,1-4H3. The molecule has 1 heterocycles. The molecule has 28 heavy (non-hydrogen) atoms. The number of amides is 1. The van der Waals surface area contributed by atoms with Crippen LogP contribution in [0.4, 0.5) is 5.13 Å². The molecule has 0 aliphatic rings. The van der Waals surface area contributed by atoms with E-state index >= 15 is 0 Å². The van der Waals surface area contributed by atoms with E-state index in [1.54, 1.807) is 17.5 Å². The van der Waals surface area contributed by atoms with Gasteiger partial charge in [0.25, 0.3) is 0 Å². The van der Waals surface area contributed by atoms with E-state index in [0.29, 0.717) is 17.4 Å². The molecule has 2 rings (SSSR count). The summed E-state index contributed by atoms with van der Waals surface area (Å²) in [6.07, 6.45) is 0. The molecule has 0 aliphatic carbocycles. The summed E-state index contributed by atoms with van der Waals surface area (Å²) in [5, 5.41) is 2.21. The molecule has 1 aromatic carbocycles. The van der Waals surface area contributed by atoms with Crippen LogP contribution < -0.4 is 9.62 Å². The zero-order chi connectivity index (χ0) is 20.9. The normalized spacial score (nSPS) is 11.3. The third-order valence-electron chi connectivity index (χ3n) is 4.04. The van der Waals surface area contributed by atoms with Crippen LogP contribution in [0.2, 0.25) is 0 Å². The molecule has 0 radical (unpaired) electrons. The number of carbonyl (C=O) groups is 2. The summed E-state index contributed by atoms with van der Waals surface area (Å²) in [7, 11) is -3.81. The number of sulfonamides is 1. The third kappa shape index (κ3) is 5.60. The van der Waals surface area contributed by atoms with Crippen molar-refractivity contribution in [3.63, 3.8) is 0 Å². The highest BCUT2D eigenvalue weighted by atomic mass is 32.2. The fourth-order valence-electron chi connectivity index (χ4n) is 2.30. The maximum atomic E-state index is 12.3. The van der Waals surface area contributed by atoms with E-state index in [4.69, 9.17) is 4.74 Å². The molecular weight excluding hydrogens is 402 g/mol. The molecule has 0 unspecified atom stereocenters. The monoisotopic (exact) mass is 425 g/mol. The number of nitrogens with zero attached hydrogens (tertiary/aromatic N) is 2. The van der Waals surface area contributed by atoms with Gasteiger partial charge in [0, 0.05) is 18.8 Å². The molecule has 0 saturated heterocycles. The van der Waals surface area contributed by atoms with Crippen LogP contribution in [-0.4, -0.2) is 38.4 Å². The Morgan fingerprint density at radius 3 is 2.57 bits per heavy atom. The lowest BCUT2D eigenvalue weighted by atomic mass is 10.1. The predicted octanol–water partition coefficient (Wildman–Crippen LogP) is 2.15. The lowest BCUT2D eigenvalue weighted by Gasteiger charge is -2.14. The van der Waals surface area contributed by atoms with E-state index in [9.17, 15) is 18.0 Å². The second-order valence-corrected chi connectivity index (χ2v) is 8.72. The summed E-state index contributed by atoms with van der Waals surface area (Å²) in [5.41, 5.74) is 2.31. The Morgan fingerprint density at radius 2 is 1.96 bits per heavy atom. The summed E-state index contributed by atoms with van der Waals surface area (Å²) in [6.45, 7) is 6.89. The van der Waals surface area contributed by atoms with E-state index < -0.39 is 22.5 Å². The summed E-state index contributed by atoms with van der Waals surface area (Å²) >= 11 is 1.27. The zero-order valence-corrected chi connectivity index (χ0v) is 17.8. The summed E-state index contributed by atoms with van der Waals surface area (Å²) in [5.74, 6) is -0.845. The number of esters is 1. The van der Waals surface area contributed by atoms with Gasteiger partial charge >= 0.3 is 5.97 Å². The first-order valence-electron chi connectivity index (χ1n) is 8.59. The second kappa shape index (κ2) is 9.26. The minimum atomic E-state index is -3.81. The van der Waals surface area contributed by atoms with Crippen molar-refractivity contribution >= 4 is 38.4 Å². The van der Waals surface area contributed by atoms with Crippen LogP contribution in [0.5, 0.6) is 0 Å². The van der Waals surface area contributed by atoms with E-state index in [0.717, 1.165) is 11.1 Å². The first-order chi connectivity index (χ1) is 13.1. The number of aromatic nitrogens is 1. The first kappa shape index (κ1) is 22.0. The molecule has 0 bridgehead atoms. The minimum Gasteiger partial charge on any atom is -0.458 e. The van der Waals surface area contributed by atoms with E-state index in [1.807, 2.05) is 20.8 Å². The zero-order valence-electron chi connectivity index (χ0n) is 16.2. The molecule has 0 spiro atoms. The number of anilines is 1. The molecule has 0 atom stereocenters. The van der Waals surface area contributed by atoms with Crippen molar-refractivity contribution in [1.29, 1.82) is 0 Å². The van der Waals surface area contributed by atoms with Crippen LogP contribution in [0.25, 0.3) is 0 Å². The number of carbonyl (C=O) groups excluding carboxylic acids is 2. The smallest absolute Gasteiger partial charge is 0.321 e. The average Bonchev–Trinajstić information content (AvgIpc) is 3.09. The van der Waals surface area contributed by atoms with Crippen LogP contribution in [0, 0.1) is 13.8 Å². The average molecular weight is 426 g/mol. The molecule has 1 N–H and O–H groups in total. The molecule has 152 valence electrons. The van der Waals surface area contributed by atoms with Crippen molar-refractivity contribution in [2.24, 2.45) is 0 Å². The lowest BCUT2D eigenvalue weighted by Crippen LogP contribution is -2.30. The van der Waals surface area contributed by atoms with Crippen molar-refractivity contribution in [1.82, 2.24) is 9.71 Å². The van der Waals surface area contributed by atoms with Crippen molar-refractivity contribution in [3.05, 3.63) is 40.4 Å². The van der Waals surface area contributed by atoms with Gasteiger partial charge in [-0.3, -0.25) is 14.5 Å². The summed E-state index contributed by atoms with van der Waals surface area (Å²) in [4.78, 5) is 29.3. The Kier molecular flexibility index (Phi) is 7.28. The number of benzene rings is 1. The molecule has 0 saturated carbocycles. The van der Waals surface area contributed by atoms with Gasteiger partial charge in [0.1, 0.15) is 13.2 Å². The van der Waals surface area contributed by atoms with Crippen LogP contribution in [0.3, 0.4) is 0 Å². The maximum Gasteiger partial charge on any atom is 0.321 e. The maximum absolute atomic E-state index is 12.3. The van der Waals surface area contributed by atoms with Crippen LogP contribution >= 0.6 is 11.3 Å². The van der Waals surface area contributed by atoms with Gasteiger partial charge in [-0.15, -0.1) is 11.3 Å². The van der Waals surface area contributed by atoms with Gasteiger partial charge in [0.15, 0.2) is 5.13 Å². The van der Waals surface area contributed by atoms with Gasteiger partial charge in [-0.2, -0.15) is 4.72 Å². The Labute approximate surface area is 168 Å². The largest absolute Gasteiger partial charge is 0.458 e. The molecule has 10 heteroatoms. The number of thiazole rings is 1. The predicted molar refractivity (Wildman–Crippen MR) is 107 cm³/mol. The van der Waals surface area contributed by atoms with Gasteiger partial charge < -0.3 is 4.74 Å². The van der Waals surface area contributed by atoms with E-state index in [1.165, 1.54) is 29.2 Å². The molecule has 0 aliphatic heterocycles. The van der Waals surface area contributed by atoms with Crippen LogP contribution in [-0.2, 0) is 31.0 Å². The number of ether oxygens (including phenoxy) is 1. The van der Waals surface area contributed by atoms with Crippen molar-refractivity contribution in [2.75, 3.05) is 18.0 Å². The Balaban J connectivity index is 1.90. The molecule has 2 aromatic rings. The van der Waals surface area contributed by atoms with Gasteiger partial charge in [-0.05, 0) is 44.0 Å². The second-order valence-electron chi connectivity index (χ2n) is 6.12. The first-order valence-corrected chi connectivity index (χ1v) is 11.0. The molecule has 1 aromatic heterocycles. The Bertz CT molecular complexity index is 969. The van der Waals surface area contributed by atoms with Crippen LogP contribution in [0.15, 0.2) is 28.5 Å². The summed E-state index contributed by atoms with van der Waals surface area (Å²) < 4.78 is 31.9. The SMILES string of the molecule is CCN(C(C)=O)c1nc(COC(=O)CNS(=O)(=O)c2ccc(C)c(C)c2)cs1. The number of aryl methyl sites for hydroxylation is 2. The summed E-state index contributed by atoms with van der Waals surface area (Å²) in [6, 6.07) is 4.75. The highest BCUT2D eigenvalue weighted by Crippen LogP contribution is 2.21.